The van der Waals surface area contributed by atoms with Crippen molar-refractivity contribution in [3.8, 4) is 0 Å². The molecule has 1 N–H and O–H groups in total. The van der Waals surface area contributed by atoms with Crippen molar-refractivity contribution in [2.45, 2.75) is 30.8 Å². The van der Waals surface area contributed by atoms with Crippen LogP contribution >= 0.6 is 11.6 Å². The third-order valence-electron chi connectivity index (χ3n) is 3.86. The zero-order valence-corrected chi connectivity index (χ0v) is 16.0. The Bertz CT molecular complexity index is 1110. The molecule has 2 heterocycles. The molecule has 0 amide bonds. The Labute approximate surface area is 159 Å². The maximum atomic E-state index is 13.1. The molecule has 0 bridgehead atoms. The summed E-state index contributed by atoms with van der Waals surface area (Å²) in [5, 5.41) is 3.93. The van der Waals surface area contributed by atoms with Crippen LogP contribution in [0.1, 0.15) is 31.0 Å². The highest BCUT2D eigenvalue weighted by Gasteiger charge is 2.34. The molecule has 0 aliphatic heterocycles. The van der Waals surface area contributed by atoms with E-state index in [-0.39, 0.29) is 10.8 Å². The van der Waals surface area contributed by atoms with Crippen LogP contribution < -0.4 is 4.72 Å². The molecule has 0 saturated carbocycles. The fourth-order valence-corrected chi connectivity index (χ4v) is 3.86. The van der Waals surface area contributed by atoms with Crippen molar-refractivity contribution in [1.29, 1.82) is 0 Å². The minimum absolute atomic E-state index is 0.125. The third-order valence-corrected chi connectivity index (χ3v) is 5.75. The first-order chi connectivity index (χ1) is 12.5. The molecule has 3 rings (SSSR count). The van der Waals surface area contributed by atoms with Gasteiger partial charge in [-0.25, -0.2) is 9.19 Å². The van der Waals surface area contributed by atoms with E-state index < -0.39 is 26.5 Å². The topological polar surface area (TPSA) is 59.3 Å². The molecule has 0 aliphatic rings. The minimum Gasteiger partial charge on any atom is -0.293 e. The van der Waals surface area contributed by atoms with Crippen LogP contribution in [0.2, 0.25) is 5.02 Å². The molecule has 0 fully saturated rings. The smallest absolute Gasteiger partial charge is 0.293 e. The number of hydrogen-bond donors (Lipinski definition) is 1. The number of nitrogens with zero attached hydrogens (tertiary/aromatic N) is 3. The number of rotatable bonds is 4. The zero-order valence-electron chi connectivity index (χ0n) is 14.4. The van der Waals surface area contributed by atoms with Gasteiger partial charge >= 0.3 is 6.18 Å². The first-order valence-electron chi connectivity index (χ1n) is 7.85. The molecule has 0 aliphatic carbocycles. The van der Waals surface area contributed by atoms with Gasteiger partial charge in [0, 0.05) is 12.3 Å². The number of halogens is 4. The molecule has 1 aromatic carbocycles. The molecule has 10 heteroatoms. The molecule has 1 atom stereocenters. The summed E-state index contributed by atoms with van der Waals surface area (Å²) in [6.07, 6.45) is -3.18. The van der Waals surface area contributed by atoms with Crippen LogP contribution in [-0.2, 0) is 15.9 Å². The van der Waals surface area contributed by atoms with Crippen molar-refractivity contribution in [2.24, 2.45) is 0 Å². The highest BCUT2D eigenvalue weighted by Crippen LogP contribution is 2.36. The molecule has 1 unspecified atom stereocenters. The van der Waals surface area contributed by atoms with E-state index in [1.54, 1.807) is 6.07 Å². The lowest BCUT2D eigenvalue weighted by Gasteiger charge is -2.16. The molecule has 144 valence electrons. The SMILES string of the molecule is C=S(=O)(Nc1ccnc2cc(C(C)C)nn12)c1ccc(Cl)c(C(F)(F)F)c1. The predicted molar refractivity (Wildman–Crippen MR) is 101 cm³/mol. The van der Waals surface area contributed by atoms with Crippen LogP contribution in [0.4, 0.5) is 19.0 Å². The lowest BCUT2D eigenvalue weighted by Crippen LogP contribution is -2.17. The summed E-state index contributed by atoms with van der Waals surface area (Å²) in [5.41, 5.74) is 0.227. The van der Waals surface area contributed by atoms with E-state index in [1.807, 2.05) is 13.8 Å². The lowest BCUT2D eigenvalue weighted by molar-refractivity contribution is -0.137. The van der Waals surface area contributed by atoms with Crippen molar-refractivity contribution < 1.29 is 17.4 Å². The Morgan fingerprint density at radius 2 is 1.96 bits per heavy atom. The predicted octanol–water partition coefficient (Wildman–Crippen LogP) is 4.63. The Morgan fingerprint density at radius 1 is 1.26 bits per heavy atom. The van der Waals surface area contributed by atoms with Gasteiger partial charge in [0.1, 0.15) is 5.82 Å². The third kappa shape index (κ3) is 3.89. The van der Waals surface area contributed by atoms with Crippen LogP contribution in [-0.4, -0.2) is 24.7 Å². The first kappa shape index (κ1) is 19.5. The van der Waals surface area contributed by atoms with E-state index >= 15 is 0 Å². The summed E-state index contributed by atoms with van der Waals surface area (Å²) in [5.74, 6) is 4.03. The second-order valence-electron chi connectivity index (χ2n) is 6.24. The summed E-state index contributed by atoms with van der Waals surface area (Å²) < 4.78 is 56.4. The normalized spacial score (nSPS) is 14.5. The highest BCUT2D eigenvalue weighted by molar-refractivity contribution is 8.01. The summed E-state index contributed by atoms with van der Waals surface area (Å²) >= 11 is 5.63. The average Bonchev–Trinajstić information content (AvgIpc) is 2.99. The van der Waals surface area contributed by atoms with Gasteiger partial charge in [-0.3, -0.25) is 4.72 Å². The molecular formula is C17H16ClF3N4OS. The second-order valence-corrected chi connectivity index (χ2v) is 8.67. The fourth-order valence-electron chi connectivity index (χ4n) is 2.43. The van der Waals surface area contributed by atoms with Crippen LogP contribution in [0.15, 0.2) is 41.4 Å². The molecule has 5 nitrogen and oxygen atoms in total. The summed E-state index contributed by atoms with van der Waals surface area (Å²) in [6, 6.07) is 6.35. The van der Waals surface area contributed by atoms with Crippen molar-refractivity contribution >= 4 is 38.6 Å². The number of nitrogens with one attached hydrogen (secondary N) is 1. The van der Waals surface area contributed by atoms with Gasteiger partial charge < -0.3 is 0 Å². The molecule has 2 aromatic heterocycles. The summed E-state index contributed by atoms with van der Waals surface area (Å²) in [4.78, 5) is 4.06. The highest BCUT2D eigenvalue weighted by atomic mass is 35.5. The quantitative estimate of drug-likeness (QED) is 0.631. The number of fused-ring (bicyclic) bond motifs is 1. The van der Waals surface area contributed by atoms with Gasteiger partial charge in [0.15, 0.2) is 5.65 Å². The fraction of sp³-hybridized carbons (Fsp3) is 0.235. The van der Waals surface area contributed by atoms with E-state index in [0.29, 0.717) is 11.5 Å². The number of alkyl halides is 3. The standard InChI is InChI=1S/C17H16ClF3N4OS/c1-10(2)14-9-16-22-7-6-15(25(16)23-14)24-27(3,26)11-4-5-13(18)12(8-11)17(19,20)21/h4-10H,3H2,1-2H3,(H,24,26). The number of aromatic nitrogens is 3. The maximum Gasteiger partial charge on any atom is 0.417 e. The van der Waals surface area contributed by atoms with Gasteiger partial charge in [0.25, 0.3) is 0 Å². The van der Waals surface area contributed by atoms with Gasteiger partial charge in [-0.05, 0) is 36.1 Å². The van der Waals surface area contributed by atoms with Crippen LogP contribution in [0.5, 0.6) is 0 Å². The molecule has 0 spiro atoms. The second kappa shape index (κ2) is 6.72. The van der Waals surface area contributed by atoms with Crippen LogP contribution in [0.25, 0.3) is 5.65 Å². The maximum absolute atomic E-state index is 13.1. The van der Waals surface area contributed by atoms with Crippen LogP contribution in [0.3, 0.4) is 0 Å². The van der Waals surface area contributed by atoms with E-state index in [0.717, 1.165) is 17.8 Å². The van der Waals surface area contributed by atoms with E-state index in [9.17, 15) is 17.4 Å². The number of hydrogen-bond acceptors (Lipinski definition) is 3. The molecule has 27 heavy (non-hydrogen) atoms. The van der Waals surface area contributed by atoms with Gasteiger partial charge in [0.2, 0.25) is 0 Å². The van der Waals surface area contributed by atoms with Gasteiger partial charge in [-0.1, -0.05) is 25.4 Å². The largest absolute Gasteiger partial charge is 0.417 e. The van der Waals surface area contributed by atoms with E-state index in [2.05, 4.69) is 20.7 Å². The van der Waals surface area contributed by atoms with Gasteiger partial charge in [-0.2, -0.15) is 22.8 Å². The first-order valence-corrected chi connectivity index (χ1v) is 9.96. The van der Waals surface area contributed by atoms with Crippen molar-refractivity contribution in [2.75, 3.05) is 4.72 Å². The lowest BCUT2D eigenvalue weighted by atomic mass is 10.1. The summed E-state index contributed by atoms with van der Waals surface area (Å²) in [7, 11) is -3.31. The average molecular weight is 417 g/mol. The number of anilines is 1. The zero-order chi connectivity index (χ0) is 20.0. The molecular weight excluding hydrogens is 401 g/mol. The number of benzene rings is 1. The Hall–Kier alpha value is -2.26. The molecule has 3 aromatic rings. The summed E-state index contributed by atoms with van der Waals surface area (Å²) in [6.45, 7) is 3.93. The van der Waals surface area contributed by atoms with Gasteiger partial charge in [-0.15, -0.1) is 0 Å². The van der Waals surface area contributed by atoms with Gasteiger partial charge in [0.05, 0.1) is 30.9 Å². The molecule has 0 radical (unpaired) electrons. The Kier molecular flexibility index (Phi) is 4.85. The Morgan fingerprint density at radius 3 is 2.59 bits per heavy atom. The van der Waals surface area contributed by atoms with E-state index in [1.165, 1.54) is 22.8 Å². The monoisotopic (exact) mass is 416 g/mol. The van der Waals surface area contributed by atoms with Crippen LogP contribution in [0, 0.1) is 0 Å². The minimum atomic E-state index is -4.67. The van der Waals surface area contributed by atoms with Crippen molar-refractivity contribution in [3.05, 3.63) is 52.8 Å². The Balaban J connectivity index is 2.04. The van der Waals surface area contributed by atoms with Crippen molar-refractivity contribution in [1.82, 2.24) is 14.6 Å². The van der Waals surface area contributed by atoms with E-state index in [4.69, 9.17) is 11.6 Å². The van der Waals surface area contributed by atoms with Crippen molar-refractivity contribution in [3.63, 3.8) is 0 Å². The molecule has 0 saturated heterocycles.